The van der Waals surface area contributed by atoms with Gasteiger partial charge in [0.1, 0.15) is 0 Å². The Kier molecular flexibility index (Phi) is 2.44. The van der Waals surface area contributed by atoms with Crippen molar-refractivity contribution >= 4 is 0 Å². The molecule has 16 heavy (non-hydrogen) atoms. The van der Waals surface area contributed by atoms with Crippen LogP contribution in [0.3, 0.4) is 0 Å². The molecule has 2 fully saturated rings. The summed E-state index contributed by atoms with van der Waals surface area (Å²) in [5.41, 5.74) is 0.181. The van der Waals surface area contributed by atoms with Gasteiger partial charge in [-0.25, -0.2) is 0 Å². The second kappa shape index (κ2) is 3.82. The molecule has 0 spiro atoms. The number of aromatic nitrogens is 2. The van der Waals surface area contributed by atoms with E-state index in [0.717, 1.165) is 31.2 Å². The summed E-state index contributed by atoms with van der Waals surface area (Å²) in [4.78, 5) is 4.40. The predicted octanol–water partition coefficient (Wildman–Crippen LogP) is 0.789. The van der Waals surface area contributed by atoms with Crippen molar-refractivity contribution in [2.75, 3.05) is 13.1 Å². The first-order chi connectivity index (χ1) is 7.75. The molecule has 0 bridgehead atoms. The molecule has 1 aromatic rings. The Morgan fingerprint density at radius 2 is 2.44 bits per heavy atom. The molecular formula is C11H18N4O. The summed E-state index contributed by atoms with van der Waals surface area (Å²) < 4.78 is 5.22. The van der Waals surface area contributed by atoms with Crippen LogP contribution in [0, 0.1) is 0 Å². The molecule has 5 heteroatoms. The largest absolute Gasteiger partial charge is 0.339 e. The predicted molar refractivity (Wildman–Crippen MR) is 59.0 cm³/mol. The molecule has 3 rings (SSSR count). The Hall–Kier alpha value is -0.940. The lowest BCUT2D eigenvalue weighted by Crippen LogP contribution is -2.43. The van der Waals surface area contributed by atoms with E-state index >= 15 is 0 Å². The van der Waals surface area contributed by atoms with Gasteiger partial charge in [-0.3, -0.25) is 0 Å². The highest BCUT2D eigenvalue weighted by Gasteiger charge is 2.31. The third-order valence-electron chi connectivity index (χ3n) is 3.45. The van der Waals surface area contributed by atoms with Crippen LogP contribution in [0.25, 0.3) is 0 Å². The first-order valence-electron chi connectivity index (χ1n) is 6.03. The van der Waals surface area contributed by atoms with E-state index in [9.17, 15) is 0 Å². The zero-order chi connectivity index (χ0) is 11.0. The van der Waals surface area contributed by atoms with Gasteiger partial charge in [0, 0.05) is 18.0 Å². The van der Waals surface area contributed by atoms with Crippen molar-refractivity contribution in [1.82, 2.24) is 20.8 Å². The number of nitrogens with zero attached hydrogens (tertiary/aromatic N) is 2. The highest BCUT2D eigenvalue weighted by molar-refractivity contribution is 5.02. The number of nitrogens with one attached hydrogen (secondary N) is 2. The average Bonchev–Trinajstić information content (AvgIpc) is 2.87. The van der Waals surface area contributed by atoms with E-state index in [1.807, 2.05) is 0 Å². The maximum Gasteiger partial charge on any atom is 0.229 e. The molecule has 0 aromatic carbocycles. The highest BCUT2D eigenvalue weighted by atomic mass is 16.5. The molecule has 0 radical (unpaired) electrons. The Morgan fingerprint density at radius 3 is 3.12 bits per heavy atom. The lowest BCUT2D eigenvalue weighted by atomic mass is 10.0. The Bertz CT molecular complexity index is 366. The summed E-state index contributed by atoms with van der Waals surface area (Å²) in [5, 5.41) is 10.9. The minimum Gasteiger partial charge on any atom is -0.339 e. The minimum absolute atomic E-state index is 0.181. The van der Waals surface area contributed by atoms with E-state index in [-0.39, 0.29) is 5.54 Å². The third-order valence-corrected chi connectivity index (χ3v) is 3.45. The van der Waals surface area contributed by atoms with Gasteiger partial charge in [-0.05, 0) is 32.7 Å². The summed E-state index contributed by atoms with van der Waals surface area (Å²) >= 11 is 0. The summed E-state index contributed by atoms with van der Waals surface area (Å²) in [6.45, 7) is 5.03. The summed E-state index contributed by atoms with van der Waals surface area (Å²) in [6.07, 6.45) is 3.56. The van der Waals surface area contributed by atoms with E-state index in [4.69, 9.17) is 4.52 Å². The molecule has 88 valence electrons. The fraction of sp³-hybridized carbons (Fsp3) is 0.818. The molecule has 2 aliphatic rings. The van der Waals surface area contributed by atoms with Crippen LogP contribution in [0.5, 0.6) is 0 Å². The van der Waals surface area contributed by atoms with Crippen molar-refractivity contribution < 1.29 is 4.52 Å². The molecule has 2 heterocycles. The van der Waals surface area contributed by atoms with Crippen molar-refractivity contribution in [1.29, 1.82) is 0 Å². The first-order valence-corrected chi connectivity index (χ1v) is 6.03. The average molecular weight is 222 g/mol. The number of hydrogen-bond donors (Lipinski definition) is 2. The summed E-state index contributed by atoms with van der Waals surface area (Å²) in [6, 6.07) is 0. The van der Waals surface area contributed by atoms with Crippen LogP contribution in [-0.4, -0.2) is 28.8 Å². The van der Waals surface area contributed by atoms with Gasteiger partial charge >= 0.3 is 0 Å². The van der Waals surface area contributed by atoms with Crippen molar-refractivity contribution in [3.63, 3.8) is 0 Å². The van der Waals surface area contributed by atoms with Gasteiger partial charge in [-0.15, -0.1) is 0 Å². The molecule has 1 aliphatic carbocycles. The third kappa shape index (κ3) is 2.10. The quantitative estimate of drug-likeness (QED) is 0.788. The molecule has 2 N–H and O–H groups in total. The lowest BCUT2D eigenvalue weighted by Gasteiger charge is -2.23. The standard InChI is InChI=1S/C11H18N4O/c1-11(4-5-12-7-11)13-6-9-14-10(16-15-9)8-2-3-8/h8,12-13H,2-7H2,1H3. The minimum atomic E-state index is 0.181. The molecule has 0 amide bonds. The Balaban J connectivity index is 1.56. The van der Waals surface area contributed by atoms with Gasteiger partial charge in [0.15, 0.2) is 5.82 Å². The second-order valence-corrected chi connectivity index (χ2v) is 5.16. The lowest BCUT2D eigenvalue weighted by molar-refractivity contribution is 0.355. The normalized spacial score (nSPS) is 29.8. The number of hydrogen-bond acceptors (Lipinski definition) is 5. The van der Waals surface area contributed by atoms with E-state index in [1.165, 1.54) is 12.8 Å². The molecule has 1 unspecified atom stereocenters. The Labute approximate surface area is 95.0 Å². The highest BCUT2D eigenvalue weighted by Crippen LogP contribution is 2.38. The van der Waals surface area contributed by atoms with Crippen molar-refractivity contribution in [2.45, 2.75) is 44.2 Å². The van der Waals surface area contributed by atoms with Crippen molar-refractivity contribution in [2.24, 2.45) is 0 Å². The smallest absolute Gasteiger partial charge is 0.229 e. The second-order valence-electron chi connectivity index (χ2n) is 5.16. The molecule has 1 aromatic heterocycles. The van der Waals surface area contributed by atoms with Gasteiger partial charge < -0.3 is 15.2 Å². The van der Waals surface area contributed by atoms with Crippen LogP contribution in [0.15, 0.2) is 4.52 Å². The van der Waals surface area contributed by atoms with E-state index in [2.05, 4.69) is 27.7 Å². The molecular weight excluding hydrogens is 204 g/mol. The summed E-state index contributed by atoms with van der Waals surface area (Å²) in [5.74, 6) is 2.16. The fourth-order valence-electron chi connectivity index (χ4n) is 2.10. The van der Waals surface area contributed by atoms with Gasteiger partial charge in [0.05, 0.1) is 6.54 Å². The SMILES string of the molecule is CC1(NCc2noc(C3CC3)n2)CCNC1. The van der Waals surface area contributed by atoms with E-state index in [1.54, 1.807) is 0 Å². The molecule has 5 nitrogen and oxygen atoms in total. The molecule has 1 aliphatic heterocycles. The summed E-state index contributed by atoms with van der Waals surface area (Å²) in [7, 11) is 0. The van der Waals surface area contributed by atoms with Gasteiger partial charge in [-0.2, -0.15) is 4.98 Å². The number of rotatable bonds is 4. The van der Waals surface area contributed by atoms with E-state index in [0.29, 0.717) is 12.5 Å². The van der Waals surface area contributed by atoms with Gasteiger partial charge in [0.2, 0.25) is 5.89 Å². The topological polar surface area (TPSA) is 63.0 Å². The van der Waals surface area contributed by atoms with Crippen LogP contribution >= 0.6 is 0 Å². The van der Waals surface area contributed by atoms with Crippen LogP contribution in [0.1, 0.15) is 43.8 Å². The van der Waals surface area contributed by atoms with Crippen molar-refractivity contribution in [3.05, 3.63) is 11.7 Å². The van der Waals surface area contributed by atoms with Crippen LogP contribution in [0.4, 0.5) is 0 Å². The van der Waals surface area contributed by atoms with Crippen molar-refractivity contribution in [3.8, 4) is 0 Å². The zero-order valence-corrected chi connectivity index (χ0v) is 9.62. The van der Waals surface area contributed by atoms with E-state index < -0.39 is 0 Å². The molecule has 1 atom stereocenters. The first kappa shape index (κ1) is 10.2. The molecule has 1 saturated carbocycles. The van der Waals surface area contributed by atoms with Crippen LogP contribution < -0.4 is 10.6 Å². The zero-order valence-electron chi connectivity index (χ0n) is 9.62. The monoisotopic (exact) mass is 222 g/mol. The van der Waals surface area contributed by atoms with Gasteiger partial charge in [-0.1, -0.05) is 5.16 Å². The maximum absolute atomic E-state index is 5.22. The van der Waals surface area contributed by atoms with Crippen LogP contribution in [0.2, 0.25) is 0 Å². The maximum atomic E-state index is 5.22. The van der Waals surface area contributed by atoms with Gasteiger partial charge in [0.25, 0.3) is 0 Å². The Morgan fingerprint density at radius 1 is 1.56 bits per heavy atom. The molecule has 1 saturated heterocycles. The van der Waals surface area contributed by atoms with Crippen LogP contribution in [-0.2, 0) is 6.54 Å². The fourth-order valence-corrected chi connectivity index (χ4v) is 2.10.